The average Bonchev–Trinajstić information content (AvgIpc) is 2.52. The van der Waals surface area contributed by atoms with Crippen molar-refractivity contribution in [3.05, 3.63) is 0 Å². The maximum atomic E-state index is 12.3. The normalized spacial score (nSPS) is 28.0. The van der Waals surface area contributed by atoms with Gasteiger partial charge in [0.25, 0.3) is 6.43 Å². The van der Waals surface area contributed by atoms with Crippen molar-refractivity contribution in [3.63, 3.8) is 0 Å². The Morgan fingerprint density at radius 3 is 2.92 bits per heavy atom. The first-order valence-corrected chi connectivity index (χ1v) is 4.23. The summed E-state index contributed by atoms with van der Waals surface area (Å²) in [6.07, 6.45) is -3.57. The third-order valence-electron chi connectivity index (χ3n) is 1.97. The standard InChI is InChI=1S/C8H12F2O3/c1-2-12-8(11)5-3-4-13-6(5)7(9)10/h5-7H,2-4H2,1H3. The highest BCUT2D eigenvalue weighted by Crippen LogP contribution is 2.26. The van der Waals surface area contributed by atoms with Crippen LogP contribution in [0.1, 0.15) is 13.3 Å². The fourth-order valence-electron chi connectivity index (χ4n) is 1.36. The molecule has 76 valence electrons. The lowest BCUT2D eigenvalue weighted by molar-refractivity contribution is -0.153. The number of esters is 1. The molecular weight excluding hydrogens is 182 g/mol. The van der Waals surface area contributed by atoms with Crippen LogP contribution >= 0.6 is 0 Å². The average molecular weight is 194 g/mol. The Morgan fingerprint density at radius 2 is 2.38 bits per heavy atom. The van der Waals surface area contributed by atoms with Gasteiger partial charge >= 0.3 is 5.97 Å². The van der Waals surface area contributed by atoms with E-state index in [2.05, 4.69) is 4.74 Å². The molecule has 0 N–H and O–H groups in total. The van der Waals surface area contributed by atoms with Crippen molar-refractivity contribution in [2.24, 2.45) is 5.92 Å². The van der Waals surface area contributed by atoms with Gasteiger partial charge in [-0.15, -0.1) is 0 Å². The number of halogens is 2. The molecule has 0 saturated carbocycles. The van der Waals surface area contributed by atoms with Crippen LogP contribution in [-0.4, -0.2) is 31.7 Å². The van der Waals surface area contributed by atoms with Crippen LogP contribution in [0.3, 0.4) is 0 Å². The van der Waals surface area contributed by atoms with E-state index < -0.39 is 24.4 Å². The fraction of sp³-hybridized carbons (Fsp3) is 0.875. The molecule has 5 heteroatoms. The van der Waals surface area contributed by atoms with Crippen LogP contribution in [0.25, 0.3) is 0 Å². The van der Waals surface area contributed by atoms with Crippen LogP contribution in [0.4, 0.5) is 8.78 Å². The number of rotatable bonds is 3. The third-order valence-corrected chi connectivity index (χ3v) is 1.97. The van der Waals surface area contributed by atoms with Gasteiger partial charge in [-0.2, -0.15) is 0 Å². The number of carbonyl (C=O) groups is 1. The Kier molecular flexibility index (Phi) is 3.59. The Hall–Kier alpha value is -0.710. The predicted molar refractivity (Wildman–Crippen MR) is 40.5 cm³/mol. The first kappa shape index (κ1) is 10.4. The Morgan fingerprint density at radius 1 is 1.69 bits per heavy atom. The van der Waals surface area contributed by atoms with Crippen LogP contribution in [0.2, 0.25) is 0 Å². The van der Waals surface area contributed by atoms with Gasteiger partial charge in [-0.3, -0.25) is 4.79 Å². The SMILES string of the molecule is CCOC(=O)C1CCOC1C(F)F. The smallest absolute Gasteiger partial charge is 0.311 e. The van der Waals surface area contributed by atoms with E-state index in [1.54, 1.807) is 6.92 Å². The van der Waals surface area contributed by atoms with Crippen molar-refractivity contribution in [1.82, 2.24) is 0 Å². The molecule has 1 saturated heterocycles. The molecule has 0 aromatic carbocycles. The van der Waals surface area contributed by atoms with Gasteiger partial charge < -0.3 is 9.47 Å². The van der Waals surface area contributed by atoms with Crippen LogP contribution in [-0.2, 0) is 14.3 Å². The summed E-state index contributed by atoms with van der Waals surface area (Å²) < 4.78 is 33.9. The molecule has 2 unspecified atom stereocenters. The van der Waals surface area contributed by atoms with E-state index >= 15 is 0 Å². The van der Waals surface area contributed by atoms with Crippen LogP contribution < -0.4 is 0 Å². The molecule has 0 spiro atoms. The second kappa shape index (κ2) is 4.50. The molecule has 0 bridgehead atoms. The number of ether oxygens (including phenoxy) is 2. The minimum absolute atomic E-state index is 0.207. The zero-order chi connectivity index (χ0) is 9.84. The largest absolute Gasteiger partial charge is 0.466 e. The maximum Gasteiger partial charge on any atom is 0.311 e. The van der Waals surface area contributed by atoms with Gasteiger partial charge in [0.15, 0.2) is 0 Å². The van der Waals surface area contributed by atoms with E-state index in [0.29, 0.717) is 6.42 Å². The Labute approximate surface area is 75.0 Å². The molecule has 1 fully saturated rings. The van der Waals surface area contributed by atoms with Gasteiger partial charge in [0.1, 0.15) is 6.10 Å². The highest BCUT2D eigenvalue weighted by molar-refractivity contribution is 5.73. The van der Waals surface area contributed by atoms with E-state index in [4.69, 9.17) is 4.74 Å². The van der Waals surface area contributed by atoms with E-state index in [0.717, 1.165) is 0 Å². The minimum Gasteiger partial charge on any atom is -0.466 e. The molecule has 0 radical (unpaired) electrons. The highest BCUT2D eigenvalue weighted by Gasteiger charge is 2.40. The molecular formula is C8H12F2O3. The molecule has 0 aromatic rings. The molecule has 3 nitrogen and oxygen atoms in total. The summed E-state index contributed by atoms with van der Waals surface area (Å²) in [6, 6.07) is 0. The minimum atomic E-state index is -2.61. The molecule has 1 aliphatic heterocycles. The van der Waals surface area contributed by atoms with Crippen molar-refractivity contribution in [2.45, 2.75) is 25.9 Å². The zero-order valence-corrected chi connectivity index (χ0v) is 7.33. The fourth-order valence-corrected chi connectivity index (χ4v) is 1.36. The molecule has 13 heavy (non-hydrogen) atoms. The predicted octanol–water partition coefficient (Wildman–Crippen LogP) is 1.22. The summed E-state index contributed by atoms with van der Waals surface area (Å²) in [6.45, 7) is 2.06. The summed E-state index contributed by atoms with van der Waals surface area (Å²) in [5.74, 6) is -1.37. The summed E-state index contributed by atoms with van der Waals surface area (Å²) in [4.78, 5) is 11.1. The quantitative estimate of drug-likeness (QED) is 0.633. The Balaban J connectivity index is 2.52. The number of hydrogen-bond acceptors (Lipinski definition) is 3. The van der Waals surface area contributed by atoms with Crippen molar-refractivity contribution in [3.8, 4) is 0 Å². The van der Waals surface area contributed by atoms with Crippen molar-refractivity contribution < 1.29 is 23.0 Å². The molecule has 1 aliphatic rings. The van der Waals surface area contributed by atoms with Crippen LogP contribution in [0, 0.1) is 5.92 Å². The lowest BCUT2D eigenvalue weighted by Gasteiger charge is -2.15. The number of hydrogen-bond donors (Lipinski definition) is 0. The summed E-state index contributed by atoms with van der Waals surface area (Å²) in [5, 5.41) is 0. The topological polar surface area (TPSA) is 35.5 Å². The molecule has 0 amide bonds. The van der Waals surface area contributed by atoms with E-state index in [9.17, 15) is 13.6 Å². The lowest BCUT2D eigenvalue weighted by Crippen LogP contribution is -2.31. The summed E-state index contributed by atoms with van der Waals surface area (Å²) in [5.41, 5.74) is 0. The van der Waals surface area contributed by atoms with Gasteiger partial charge in [0, 0.05) is 6.61 Å². The van der Waals surface area contributed by atoms with Gasteiger partial charge in [-0.25, -0.2) is 8.78 Å². The first-order chi connectivity index (χ1) is 6.16. The molecule has 0 aromatic heterocycles. The molecule has 0 aliphatic carbocycles. The Bertz CT molecular complexity index is 184. The first-order valence-electron chi connectivity index (χ1n) is 4.23. The number of carbonyl (C=O) groups excluding carboxylic acids is 1. The second-order valence-electron chi connectivity index (χ2n) is 2.82. The van der Waals surface area contributed by atoms with Crippen molar-refractivity contribution in [2.75, 3.05) is 13.2 Å². The second-order valence-corrected chi connectivity index (χ2v) is 2.82. The van der Waals surface area contributed by atoms with Gasteiger partial charge in [0.2, 0.25) is 0 Å². The zero-order valence-electron chi connectivity index (χ0n) is 7.33. The van der Waals surface area contributed by atoms with E-state index in [-0.39, 0.29) is 13.2 Å². The summed E-state index contributed by atoms with van der Waals surface area (Å²) in [7, 11) is 0. The van der Waals surface area contributed by atoms with E-state index in [1.165, 1.54) is 0 Å². The number of alkyl halides is 2. The van der Waals surface area contributed by atoms with Crippen molar-refractivity contribution >= 4 is 5.97 Å². The monoisotopic (exact) mass is 194 g/mol. The van der Waals surface area contributed by atoms with Crippen LogP contribution in [0.5, 0.6) is 0 Å². The maximum absolute atomic E-state index is 12.3. The third kappa shape index (κ3) is 2.37. The van der Waals surface area contributed by atoms with Crippen molar-refractivity contribution in [1.29, 1.82) is 0 Å². The molecule has 2 atom stereocenters. The van der Waals surface area contributed by atoms with Gasteiger partial charge in [-0.05, 0) is 13.3 Å². The van der Waals surface area contributed by atoms with Gasteiger partial charge in [-0.1, -0.05) is 0 Å². The van der Waals surface area contributed by atoms with E-state index in [1.807, 2.05) is 0 Å². The van der Waals surface area contributed by atoms with Crippen LogP contribution in [0.15, 0.2) is 0 Å². The van der Waals surface area contributed by atoms with Gasteiger partial charge in [0.05, 0.1) is 12.5 Å². The molecule has 1 heterocycles. The highest BCUT2D eigenvalue weighted by atomic mass is 19.3. The lowest BCUT2D eigenvalue weighted by atomic mass is 10.0. The molecule has 1 rings (SSSR count). The summed E-state index contributed by atoms with van der Waals surface area (Å²) >= 11 is 0.